The molecule has 0 aliphatic carbocycles. The Morgan fingerprint density at radius 2 is 1.60 bits per heavy atom. The highest BCUT2D eigenvalue weighted by atomic mass is 16.5. The fraction of sp³-hybridized carbons (Fsp3) is 0. The van der Waals surface area contributed by atoms with Gasteiger partial charge in [0.05, 0.1) is 11.8 Å². The van der Waals surface area contributed by atoms with E-state index in [9.17, 15) is 15.3 Å². The van der Waals surface area contributed by atoms with Gasteiger partial charge in [-0.15, -0.1) is 0 Å². The summed E-state index contributed by atoms with van der Waals surface area (Å²) in [7, 11) is 0. The van der Waals surface area contributed by atoms with E-state index in [4.69, 9.17) is 4.74 Å². The summed E-state index contributed by atoms with van der Waals surface area (Å²) in [5, 5.41) is 28.7. The van der Waals surface area contributed by atoms with Crippen molar-refractivity contribution in [3.05, 3.63) is 60.4 Å². The number of phenols is 3. The van der Waals surface area contributed by atoms with Crippen LogP contribution in [0.5, 0.6) is 23.0 Å². The van der Waals surface area contributed by atoms with E-state index in [1.807, 2.05) is 0 Å². The van der Waals surface area contributed by atoms with Crippen molar-refractivity contribution in [3.63, 3.8) is 0 Å². The maximum absolute atomic E-state index is 9.95. The zero-order chi connectivity index (χ0) is 14.3. The fourth-order valence-corrected chi connectivity index (χ4v) is 2.19. The van der Waals surface area contributed by atoms with Gasteiger partial charge in [0.2, 0.25) is 0 Å². The van der Waals surface area contributed by atoms with E-state index >= 15 is 0 Å². The van der Waals surface area contributed by atoms with E-state index in [2.05, 4.69) is 6.58 Å². The Bertz CT molecular complexity index is 727. The minimum absolute atomic E-state index is 0.0736. The Hall–Kier alpha value is -2.88. The second-order valence-electron chi connectivity index (χ2n) is 4.51. The average molecular weight is 268 g/mol. The summed E-state index contributed by atoms with van der Waals surface area (Å²) >= 11 is 0. The van der Waals surface area contributed by atoms with Crippen LogP contribution in [0.1, 0.15) is 11.1 Å². The predicted octanol–water partition coefficient (Wildman–Crippen LogP) is 3.25. The number of hydrogen-bond acceptors (Lipinski definition) is 4. The molecule has 0 atom stereocenters. The van der Waals surface area contributed by atoms with Crippen LogP contribution in [0.15, 0.2) is 49.2 Å². The minimum Gasteiger partial charge on any atom is -0.508 e. The second-order valence-corrected chi connectivity index (χ2v) is 4.51. The molecule has 0 saturated heterocycles. The van der Waals surface area contributed by atoms with Crippen LogP contribution in [-0.4, -0.2) is 15.3 Å². The van der Waals surface area contributed by atoms with Crippen molar-refractivity contribution in [3.8, 4) is 23.0 Å². The molecule has 3 rings (SSSR count). The van der Waals surface area contributed by atoms with Gasteiger partial charge in [-0.1, -0.05) is 18.7 Å². The molecule has 0 bridgehead atoms. The van der Waals surface area contributed by atoms with Gasteiger partial charge in [-0.3, -0.25) is 0 Å². The summed E-state index contributed by atoms with van der Waals surface area (Å²) < 4.78 is 5.45. The number of aromatic hydroxyl groups is 3. The summed E-state index contributed by atoms with van der Waals surface area (Å²) in [6, 6.07) is 9.26. The third-order valence-electron chi connectivity index (χ3n) is 3.18. The lowest BCUT2D eigenvalue weighted by Gasteiger charge is -2.21. The topological polar surface area (TPSA) is 69.9 Å². The van der Waals surface area contributed by atoms with Gasteiger partial charge in [-0.2, -0.15) is 0 Å². The standard InChI is InChI=1S/C16H12O4/c1-9-13(10-2-4-11(17)5-3-10)8-20-15-7-12(18)6-14(19)16(9)15/h2-8,17-19H,1H2. The maximum atomic E-state index is 9.95. The highest BCUT2D eigenvalue weighted by Crippen LogP contribution is 2.45. The zero-order valence-corrected chi connectivity index (χ0v) is 10.5. The summed E-state index contributed by atoms with van der Waals surface area (Å²) in [6.07, 6.45) is 1.51. The van der Waals surface area contributed by atoms with Crippen LogP contribution < -0.4 is 4.74 Å². The van der Waals surface area contributed by atoms with Crippen LogP contribution in [0.3, 0.4) is 0 Å². The molecule has 2 aromatic carbocycles. The number of benzene rings is 2. The van der Waals surface area contributed by atoms with Crippen molar-refractivity contribution < 1.29 is 20.1 Å². The first kappa shape index (κ1) is 12.2. The van der Waals surface area contributed by atoms with Crippen LogP contribution >= 0.6 is 0 Å². The van der Waals surface area contributed by atoms with Crippen molar-refractivity contribution in [2.45, 2.75) is 0 Å². The first-order valence-electron chi connectivity index (χ1n) is 5.98. The van der Waals surface area contributed by atoms with E-state index in [1.165, 1.54) is 18.4 Å². The van der Waals surface area contributed by atoms with Crippen molar-refractivity contribution >= 4 is 11.1 Å². The molecule has 0 radical (unpaired) electrons. The Labute approximate surface area is 115 Å². The number of fused-ring (bicyclic) bond motifs is 1. The van der Waals surface area contributed by atoms with E-state index in [1.54, 1.807) is 24.3 Å². The first-order valence-corrected chi connectivity index (χ1v) is 5.98. The second kappa shape index (κ2) is 4.35. The van der Waals surface area contributed by atoms with Gasteiger partial charge in [-0.25, -0.2) is 0 Å². The Balaban J connectivity index is 2.08. The SMILES string of the molecule is C=C1C(c2ccc(O)cc2)=COc2cc(O)cc(O)c21. The fourth-order valence-electron chi connectivity index (χ4n) is 2.19. The predicted molar refractivity (Wildman–Crippen MR) is 75.5 cm³/mol. The summed E-state index contributed by atoms with van der Waals surface area (Å²) in [5.74, 6) is 0.366. The number of rotatable bonds is 1. The van der Waals surface area contributed by atoms with Crippen LogP contribution in [0.4, 0.5) is 0 Å². The van der Waals surface area contributed by atoms with Gasteiger partial charge in [0.25, 0.3) is 0 Å². The highest BCUT2D eigenvalue weighted by molar-refractivity contribution is 6.07. The summed E-state index contributed by atoms with van der Waals surface area (Å²) in [5.41, 5.74) is 2.56. The normalized spacial score (nSPS) is 13.4. The lowest BCUT2D eigenvalue weighted by atomic mass is 9.92. The molecule has 4 nitrogen and oxygen atoms in total. The van der Waals surface area contributed by atoms with E-state index in [0.29, 0.717) is 22.5 Å². The van der Waals surface area contributed by atoms with Crippen molar-refractivity contribution in [1.82, 2.24) is 0 Å². The lowest BCUT2D eigenvalue weighted by molar-refractivity contribution is 0.427. The molecule has 4 heteroatoms. The Kier molecular flexibility index (Phi) is 2.64. The monoisotopic (exact) mass is 268 g/mol. The Morgan fingerprint density at radius 3 is 2.30 bits per heavy atom. The number of phenolic OH excluding ortho intramolecular Hbond substituents is 3. The third-order valence-corrected chi connectivity index (χ3v) is 3.18. The summed E-state index contributed by atoms with van der Waals surface area (Å²) in [6.45, 7) is 3.97. The van der Waals surface area contributed by atoms with Gasteiger partial charge in [0, 0.05) is 17.7 Å². The largest absolute Gasteiger partial charge is 0.508 e. The lowest BCUT2D eigenvalue weighted by Crippen LogP contribution is -2.01. The number of allylic oxidation sites excluding steroid dienone is 2. The van der Waals surface area contributed by atoms with Gasteiger partial charge in [0.1, 0.15) is 23.0 Å². The molecule has 1 heterocycles. The van der Waals surface area contributed by atoms with Crippen LogP contribution in [0.25, 0.3) is 11.1 Å². The van der Waals surface area contributed by atoms with Gasteiger partial charge in [0.15, 0.2) is 0 Å². The minimum atomic E-state index is -0.0885. The molecule has 1 aliphatic heterocycles. The molecule has 0 fully saturated rings. The molecular formula is C16H12O4. The van der Waals surface area contributed by atoms with Crippen molar-refractivity contribution in [2.75, 3.05) is 0 Å². The van der Waals surface area contributed by atoms with Crippen LogP contribution in [0, 0.1) is 0 Å². The summed E-state index contributed by atoms with van der Waals surface area (Å²) in [4.78, 5) is 0. The third kappa shape index (κ3) is 1.87. The van der Waals surface area contributed by atoms with E-state index in [-0.39, 0.29) is 17.2 Å². The number of ether oxygens (including phenoxy) is 1. The molecule has 2 aromatic rings. The quantitative estimate of drug-likeness (QED) is 0.742. The molecule has 0 amide bonds. The van der Waals surface area contributed by atoms with Crippen molar-refractivity contribution in [1.29, 1.82) is 0 Å². The average Bonchev–Trinajstić information content (AvgIpc) is 2.39. The molecule has 0 spiro atoms. The molecular weight excluding hydrogens is 256 g/mol. The van der Waals surface area contributed by atoms with E-state index in [0.717, 1.165) is 5.56 Å². The highest BCUT2D eigenvalue weighted by Gasteiger charge is 2.22. The van der Waals surface area contributed by atoms with Crippen LogP contribution in [0.2, 0.25) is 0 Å². The van der Waals surface area contributed by atoms with Crippen molar-refractivity contribution in [2.24, 2.45) is 0 Å². The van der Waals surface area contributed by atoms with Gasteiger partial charge in [-0.05, 0) is 23.3 Å². The smallest absolute Gasteiger partial charge is 0.141 e. The van der Waals surface area contributed by atoms with Gasteiger partial charge < -0.3 is 20.1 Å². The zero-order valence-electron chi connectivity index (χ0n) is 10.5. The first-order chi connectivity index (χ1) is 9.56. The molecule has 0 unspecified atom stereocenters. The Morgan fingerprint density at radius 1 is 0.900 bits per heavy atom. The van der Waals surface area contributed by atoms with E-state index < -0.39 is 0 Å². The molecule has 20 heavy (non-hydrogen) atoms. The molecule has 100 valence electrons. The van der Waals surface area contributed by atoms with Gasteiger partial charge >= 0.3 is 0 Å². The molecule has 0 saturated carbocycles. The van der Waals surface area contributed by atoms with Crippen LogP contribution in [-0.2, 0) is 0 Å². The molecule has 3 N–H and O–H groups in total. The number of hydrogen-bond donors (Lipinski definition) is 3. The molecule has 0 aromatic heterocycles. The molecule has 1 aliphatic rings. The maximum Gasteiger partial charge on any atom is 0.141 e.